The highest BCUT2D eigenvalue weighted by Crippen LogP contribution is 2.38. The topological polar surface area (TPSA) is 93.2 Å². The molecule has 8 nitrogen and oxygen atoms in total. The zero-order valence-electron chi connectivity index (χ0n) is 26.4. The first-order valence-corrected chi connectivity index (χ1v) is 15.4. The number of ether oxygens (including phenoxy) is 2. The zero-order valence-corrected chi connectivity index (χ0v) is 26.4. The molecule has 1 atom stereocenters. The van der Waals surface area contributed by atoms with E-state index in [2.05, 4.69) is 13.8 Å². The van der Waals surface area contributed by atoms with Crippen molar-refractivity contribution in [3.05, 3.63) is 142 Å². The number of fused-ring (bicyclic) bond motifs is 2. The minimum atomic E-state index is -0.499. The summed E-state index contributed by atoms with van der Waals surface area (Å²) in [7, 11) is 1.47. The Balaban J connectivity index is 1.02. The van der Waals surface area contributed by atoms with Crippen molar-refractivity contribution < 1.29 is 28.7 Å². The van der Waals surface area contributed by atoms with Crippen LogP contribution in [0.5, 0.6) is 17.2 Å². The molecule has 1 saturated heterocycles. The van der Waals surface area contributed by atoms with E-state index in [0.717, 1.165) is 21.6 Å². The first kappa shape index (κ1) is 29.9. The minimum absolute atomic E-state index is 0.211. The van der Waals surface area contributed by atoms with E-state index in [1.54, 1.807) is 36.4 Å². The smallest absolute Gasteiger partial charge is 0.261 e. The van der Waals surface area contributed by atoms with Gasteiger partial charge in [-0.2, -0.15) is 0 Å². The highest BCUT2D eigenvalue weighted by molar-refractivity contribution is 6.29. The first-order chi connectivity index (χ1) is 22.5. The summed E-state index contributed by atoms with van der Waals surface area (Å²) in [5, 5.41) is 0. The molecule has 2 aliphatic heterocycles. The van der Waals surface area contributed by atoms with Gasteiger partial charge in [0.05, 0.1) is 22.7 Å². The molecule has 0 bridgehead atoms. The van der Waals surface area contributed by atoms with Crippen LogP contribution in [0.4, 0.5) is 5.69 Å². The lowest BCUT2D eigenvalue weighted by Crippen LogP contribution is -2.30. The van der Waals surface area contributed by atoms with Crippen molar-refractivity contribution in [2.75, 3.05) is 11.9 Å². The Morgan fingerprint density at radius 1 is 0.681 bits per heavy atom. The number of imide groups is 2. The summed E-state index contributed by atoms with van der Waals surface area (Å²) < 4.78 is 12.1. The average Bonchev–Trinajstić information content (AvgIpc) is 3.44. The summed E-state index contributed by atoms with van der Waals surface area (Å²) >= 11 is 0. The van der Waals surface area contributed by atoms with Crippen molar-refractivity contribution >= 4 is 29.3 Å². The van der Waals surface area contributed by atoms with E-state index in [9.17, 15) is 19.2 Å². The third kappa shape index (κ3) is 5.21. The van der Waals surface area contributed by atoms with Gasteiger partial charge in [0.1, 0.15) is 23.0 Å². The molecule has 0 spiro atoms. The predicted octanol–water partition coefficient (Wildman–Crippen LogP) is 7.12. The SMILES string of the molecule is Cc1ccc(N2C(=O)C3=CC(Oc4ccc(C(C)(C)c5ccc(Oc6ccc7c(c6)C(=O)N(C)C7=O)cc5)cc4)=CCC3C2=O)cc1. The number of nitrogens with zero attached hydrogens (tertiary/aromatic N) is 2. The molecule has 1 fully saturated rings. The molecule has 234 valence electrons. The predicted molar refractivity (Wildman–Crippen MR) is 177 cm³/mol. The maximum absolute atomic E-state index is 13.2. The van der Waals surface area contributed by atoms with Gasteiger partial charge in [-0.25, -0.2) is 4.90 Å². The second kappa shape index (κ2) is 11.2. The molecule has 4 amide bonds. The summed E-state index contributed by atoms with van der Waals surface area (Å²) in [6.45, 7) is 6.23. The number of hydrogen-bond acceptors (Lipinski definition) is 6. The largest absolute Gasteiger partial charge is 0.458 e. The van der Waals surface area contributed by atoms with Crippen molar-refractivity contribution in [3.63, 3.8) is 0 Å². The van der Waals surface area contributed by atoms with Crippen LogP contribution in [0, 0.1) is 12.8 Å². The highest BCUT2D eigenvalue weighted by Gasteiger charge is 2.45. The second-order valence-electron chi connectivity index (χ2n) is 12.6. The maximum Gasteiger partial charge on any atom is 0.261 e. The van der Waals surface area contributed by atoms with E-state index in [0.29, 0.717) is 51.8 Å². The van der Waals surface area contributed by atoms with Gasteiger partial charge in [-0.15, -0.1) is 0 Å². The summed E-state index contributed by atoms with van der Waals surface area (Å²) in [4.78, 5) is 53.2. The number of aryl methyl sites for hydroxylation is 1. The molecule has 0 radical (unpaired) electrons. The van der Waals surface area contributed by atoms with Crippen LogP contribution < -0.4 is 14.4 Å². The van der Waals surface area contributed by atoms with E-state index in [4.69, 9.17) is 9.47 Å². The second-order valence-corrected chi connectivity index (χ2v) is 12.6. The van der Waals surface area contributed by atoms with E-state index in [1.165, 1.54) is 11.9 Å². The van der Waals surface area contributed by atoms with Crippen molar-refractivity contribution in [1.82, 2.24) is 4.90 Å². The Bertz CT molecular complexity index is 2020. The number of carbonyl (C=O) groups excluding carboxylic acids is 4. The van der Waals surface area contributed by atoms with Crippen LogP contribution in [-0.2, 0) is 15.0 Å². The summed E-state index contributed by atoms with van der Waals surface area (Å²) in [5.41, 5.74) is 4.61. The van der Waals surface area contributed by atoms with Gasteiger partial charge in [0.25, 0.3) is 17.7 Å². The number of amides is 4. The van der Waals surface area contributed by atoms with Gasteiger partial charge in [-0.3, -0.25) is 24.1 Å². The molecule has 3 aliphatic rings. The Hall–Kier alpha value is -5.76. The van der Waals surface area contributed by atoms with Crippen molar-refractivity contribution in [2.45, 2.75) is 32.6 Å². The molecule has 0 aromatic heterocycles. The lowest BCUT2D eigenvalue weighted by Gasteiger charge is -2.26. The number of anilines is 1. The monoisotopic (exact) mass is 624 g/mol. The van der Waals surface area contributed by atoms with Gasteiger partial charge in [-0.1, -0.05) is 55.8 Å². The number of hydrogen-bond donors (Lipinski definition) is 0. The molecule has 2 heterocycles. The molecule has 7 rings (SSSR count). The average molecular weight is 625 g/mol. The normalized spacial score (nSPS) is 17.4. The van der Waals surface area contributed by atoms with Crippen molar-refractivity contribution in [3.8, 4) is 17.2 Å². The third-order valence-corrected chi connectivity index (χ3v) is 9.17. The summed E-state index contributed by atoms with van der Waals surface area (Å²) in [5.74, 6) is 0.592. The molecule has 4 aromatic carbocycles. The number of rotatable bonds is 7. The molecule has 47 heavy (non-hydrogen) atoms. The van der Waals surface area contributed by atoms with Crippen LogP contribution in [-0.4, -0.2) is 35.6 Å². The Morgan fingerprint density at radius 3 is 1.89 bits per heavy atom. The molecule has 1 unspecified atom stereocenters. The standard InChI is InChI=1S/C39H32N2O6/c1-23-5-11-26(12-6-23)41-37(44)32-20-18-30(22-34(32)38(41)45)47-28-15-9-25(10-16-28)39(2,3)24-7-13-27(14-8-24)46-29-17-19-31-33(21-29)36(43)40(4)35(31)42/h5-19,21-22,32H,20H2,1-4H3. The van der Waals surface area contributed by atoms with E-state index < -0.39 is 5.92 Å². The fraction of sp³-hybridized carbons (Fsp3) is 0.179. The van der Waals surface area contributed by atoms with Gasteiger partial charge in [0.15, 0.2) is 0 Å². The third-order valence-electron chi connectivity index (χ3n) is 9.17. The van der Waals surface area contributed by atoms with Crippen molar-refractivity contribution in [1.29, 1.82) is 0 Å². The van der Waals surface area contributed by atoms with E-state index >= 15 is 0 Å². The molecular weight excluding hydrogens is 592 g/mol. The molecule has 0 saturated carbocycles. The number of carbonyl (C=O) groups is 4. The molecule has 1 aliphatic carbocycles. The van der Waals surface area contributed by atoms with Crippen LogP contribution in [0.25, 0.3) is 0 Å². The maximum atomic E-state index is 13.2. The minimum Gasteiger partial charge on any atom is -0.458 e. The van der Waals surface area contributed by atoms with Crippen molar-refractivity contribution in [2.24, 2.45) is 5.92 Å². The Labute approximate surface area is 272 Å². The van der Waals surface area contributed by atoms with Crippen LogP contribution in [0.1, 0.15) is 57.7 Å². The van der Waals surface area contributed by atoms with Gasteiger partial charge in [-0.05, 0) is 91.2 Å². The Kier molecular flexibility index (Phi) is 7.16. The van der Waals surface area contributed by atoms with Gasteiger partial charge in [0, 0.05) is 18.0 Å². The van der Waals surface area contributed by atoms with Crippen LogP contribution in [0.3, 0.4) is 0 Å². The highest BCUT2D eigenvalue weighted by atomic mass is 16.5. The molecule has 0 N–H and O–H groups in total. The van der Waals surface area contributed by atoms with E-state index in [-0.39, 0.29) is 29.0 Å². The quantitative estimate of drug-likeness (QED) is 0.203. The van der Waals surface area contributed by atoms with Crippen LogP contribution in [0.15, 0.2) is 114 Å². The zero-order chi connectivity index (χ0) is 33.0. The summed E-state index contributed by atoms with van der Waals surface area (Å²) in [6.07, 6.45) is 3.95. The lowest BCUT2D eigenvalue weighted by atomic mass is 9.78. The lowest BCUT2D eigenvalue weighted by molar-refractivity contribution is -0.122. The first-order valence-electron chi connectivity index (χ1n) is 15.4. The van der Waals surface area contributed by atoms with E-state index in [1.807, 2.05) is 73.7 Å². The number of benzene rings is 4. The fourth-order valence-corrected chi connectivity index (χ4v) is 6.23. The van der Waals surface area contributed by atoms with Crippen LogP contribution >= 0.6 is 0 Å². The van der Waals surface area contributed by atoms with Gasteiger partial charge < -0.3 is 9.47 Å². The van der Waals surface area contributed by atoms with Gasteiger partial charge in [0.2, 0.25) is 5.91 Å². The molecule has 8 heteroatoms. The summed E-state index contributed by atoms with van der Waals surface area (Å²) in [6, 6.07) is 27.9. The van der Waals surface area contributed by atoms with Crippen LogP contribution in [0.2, 0.25) is 0 Å². The number of allylic oxidation sites excluding steroid dienone is 2. The Morgan fingerprint density at radius 2 is 1.26 bits per heavy atom. The molecule has 4 aromatic rings. The molecular formula is C39H32N2O6. The van der Waals surface area contributed by atoms with Gasteiger partial charge >= 0.3 is 0 Å². The fourth-order valence-electron chi connectivity index (χ4n) is 6.23.